The van der Waals surface area contributed by atoms with E-state index in [1.54, 1.807) is 0 Å². The molecule has 0 radical (unpaired) electrons. The monoisotopic (exact) mass is 346 g/mol. The number of hydrogen-bond donors (Lipinski definition) is 0. The van der Waals surface area contributed by atoms with Gasteiger partial charge in [0.25, 0.3) is 0 Å². The molecule has 0 amide bonds. The molecule has 0 aromatic heterocycles. The van der Waals surface area contributed by atoms with Crippen LogP contribution in [-0.4, -0.2) is 0 Å². The molecule has 0 bridgehead atoms. The van der Waals surface area contributed by atoms with Gasteiger partial charge >= 0.3 is 0 Å². The molecule has 0 saturated carbocycles. The molecule has 0 nitrogen and oxygen atoms in total. The summed E-state index contributed by atoms with van der Waals surface area (Å²) in [6, 6.07) is 9.21. The SMILES string of the molecule is CCC(c1ccc(C(C)(C)C)cc1)C(C)C.I. The van der Waals surface area contributed by atoms with Crippen LogP contribution >= 0.6 is 24.0 Å². The maximum absolute atomic E-state index is 2.31. The summed E-state index contributed by atoms with van der Waals surface area (Å²) in [5.41, 5.74) is 3.18. The zero-order valence-corrected chi connectivity index (χ0v) is 14.4. The van der Waals surface area contributed by atoms with Gasteiger partial charge in [-0.05, 0) is 34.8 Å². The van der Waals surface area contributed by atoms with Crippen molar-refractivity contribution in [2.75, 3.05) is 0 Å². The van der Waals surface area contributed by atoms with E-state index in [9.17, 15) is 0 Å². The first-order chi connectivity index (χ1) is 7.36. The average Bonchev–Trinajstić information content (AvgIpc) is 2.17. The highest BCUT2D eigenvalue weighted by molar-refractivity contribution is 14.0. The Morgan fingerprint density at radius 3 is 1.76 bits per heavy atom. The van der Waals surface area contributed by atoms with Crippen LogP contribution in [0.25, 0.3) is 0 Å². The van der Waals surface area contributed by atoms with Crippen LogP contribution in [0.5, 0.6) is 0 Å². The van der Waals surface area contributed by atoms with Gasteiger partial charge in [0.15, 0.2) is 0 Å². The molecule has 98 valence electrons. The Morgan fingerprint density at radius 2 is 1.47 bits per heavy atom. The van der Waals surface area contributed by atoms with Crippen LogP contribution in [0.3, 0.4) is 0 Å². The summed E-state index contributed by atoms with van der Waals surface area (Å²) in [6.07, 6.45) is 1.23. The highest BCUT2D eigenvalue weighted by Gasteiger charge is 2.16. The third kappa shape index (κ3) is 4.61. The Bertz CT molecular complexity index is 316. The molecule has 1 rings (SSSR count). The van der Waals surface area contributed by atoms with Gasteiger partial charge in [-0.2, -0.15) is 0 Å². The summed E-state index contributed by atoms with van der Waals surface area (Å²) in [6.45, 7) is 13.7. The van der Waals surface area contributed by atoms with Gasteiger partial charge in [0.05, 0.1) is 0 Å². The Kier molecular flexibility index (Phi) is 6.75. The lowest BCUT2D eigenvalue weighted by Crippen LogP contribution is -2.11. The van der Waals surface area contributed by atoms with Crippen LogP contribution in [0.2, 0.25) is 0 Å². The Balaban J connectivity index is 0.00000256. The molecule has 0 aliphatic carbocycles. The van der Waals surface area contributed by atoms with E-state index in [2.05, 4.69) is 65.8 Å². The largest absolute Gasteiger partial charge is 0.107 e. The molecule has 0 heterocycles. The fourth-order valence-corrected chi connectivity index (χ4v) is 2.32. The maximum Gasteiger partial charge on any atom is -0.0132 e. The van der Waals surface area contributed by atoms with Crippen LogP contribution in [0.15, 0.2) is 24.3 Å². The zero-order valence-electron chi connectivity index (χ0n) is 12.1. The van der Waals surface area contributed by atoms with Crippen molar-refractivity contribution in [3.8, 4) is 0 Å². The minimum Gasteiger partial charge on any atom is -0.107 e. The molecule has 0 aliphatic heterocycles. The quantitative estimate of drug-likeness (QED) is 0.611. The highest BCUT2D eigenvalue weighted by atomic mass is 127. The minimum atomic E-state index is 0. The van der Waals surface area contributed by atoms with E-state index in [-0.39, 0.29) is 29.4 Å². The first-order valence-corrected chi connectivity index (χ1v) is 6.46. The van der Waals surface area contributed by atoms with E-state index in [1.165, 1.54) is 17.5 Å². The van der Waals surface area contributed by atoms with Crippen molar-refractivity contribution in [2.45, 2.75) is 59.3 Å². The third-order valence-corrected chi connectivity index (χ3v) is 3.45. The van der Waals surface area contributed by atoms with E-state index in [0.29, 0.717) is 5.92 Å². The number of rotatable bonds is 3. The summed E-state index contributed by atoms with van der Waals surface area (Å²) in [7, 11) is 0. The molecule has 17 heavy (non-hydrogen) atoms. The van der Waals surface area contributed by atoms with Crippen molar-refractivity contribution in [1.29, 1.82) is 0 Å². The Hall–Kier alpha value is -0.0500. The molecule has 1 heteroatoms. The molecular weight excluding hydrogens is 319 g/mol. The first kappa shape index (κ1) is 16.9. The molecule has 1 atom stereocenters. The summed E-state index contributed by atoms with van der Waals surface area (Å²) in [5, 5.41) is 0. The van der Waals surface area contributed by atoms with Crippen LogP contribution in [-0.2, 0) is 5.41 Å². The normalized spacial score (nSPS) is 13.4. The van der Waals surface area contributed by atoms with Gasteiger partial charge < -0.3 is 0 Å². The smallest absolute Gasteiger partial charge is 0.0132 e. The van der Waals surface area contributed by atoms with E-state index in [0.717, 1.165) is 5.92 Å². The first-order valence-electron chi connectivity index (χ1n) is 6.46. The predicted octanol–water partition coefficient (Wildman–Crippen LogP) is 5.75. The van der Waals surface area contributed by atoms with Gasteiger partial charge in [-0.1, -0.05) is 65.8 Å². The molecule has 0 N–H and O–H groups in total. The lowest BCUT2D eigenvalue weighted by molar-refractivity contribution is 0.484. The second-order valence-electron chi connectivity index (χ2n) is 6.13. The van der Waals surface area contributed by atoms with Crippen LogP contribution in [0.1, 0.15) is 65.0 Å². The fraction of sp³-hybridized carbons (Fsp3) is 0.625. The van der Waals surface area contributed by atoms with Crippen molar-refractivity contribution < 1.29 is 0 Å². The van der Waals surface area contributed by atoms with Crippen molar-refractivity contribution in [3.05, 3.63) is 35.4 Å². The van der Waals surface area contributed by atoms with Crippen LogP contribution in [0.4, 0.5) is 0 Å². The van der Waals surface area contributed by atoms with Gasteiger partial charge in [-0.25, -0.2) is 0 Å². The molecule has 0 saturated heterocycles. The van der Waals surface area contributed by atoms with E-state index >= 15 is 0 Å². The van der Waals surface area contributed by atoms with E-state index in [4.69, 9.17) is 0 Å². The molecule has 1 aromatic rings. The summed E-state index contributed by atoms with van der Waals surface area (Å²) in [5.74, 6) is 1.43. The van der Waals surface area contributed by atoms with Crippen LogP contribution in [0, 0.1) is 5.92 Å². The number of benzene rings is 1. The van der Waals surface area contributed by atoms with Crippen LogP contribution < -0.4 is 0 Å². The van der Waals surface area contributed by atoms with E-state index in [1.807, 2.05) is 0 Å². The van der Waals surface area contributed by atoms with E-state index < -0.39 is 0 Å². The molecular formula is C16H27I. The summed E-state index contributed by atoms with van der Waals surface area (Å²) in [4.78, 5) is 0. The van der Waals surface area contributed by atoms with Gasteiger partial charge in [0, 0.05) is 0 Å². The van der Waals surface area contributed by atoms with Gasteiger partial charge in [-0.3, -0.25) is 0 Å². The Morgan fingerprint density at radius 1 is 1.00 bits per heavy atom. The highest BCUT2D eigenvalue weighted by Crippen LogP contribution is 2.29. The summed E-state index contributed by atoms with van der Waals surface area (Å²) < 4.78 is 0. The zero-order chi connectivity index (χ0) is 12.3. The van der Waals surface area contributed by atoms with Crippen molar-refractivity contribution in [1.82, 2.24) is 0 Å². The number of halogens is 1. The summed E-state index contributed by atoms with van der Waals surface area (Å²) >= 11 is 0. The fourth-order valence-electron chi connectivity index (χ4n) is 2.32. The van der Waals surface area contributed by atoms with Gasteiger partial charge in [-0.15, -0.1) is 24.0 Å². The van der Waals surface area contributed by atoms with Crippen molar-refractivity contribution in [3.63, 3.8) is 0 Å². The molecule has 0 aliphatic rings. The second-order valence-corrected chi connectivity index (χ2v) is 6.13. The van der Waals surface area contributed by atoms with Crippen molar-refractivity contribution in [2.24, 2.45) is 5.92 Å². The molecule has 1 unspecified atom stereocenters. The lowest BCUT2D eigenvalue weighted by Gasteiger charge is -2.23. The molecule has 1 aromatic carbocycles. The third-order valence-electron chi connectivity index (χ3n) is 3.45. The predicted molar refractivity (Wildman–Crippen MR) is 88.4 cm³/mol. The minimum absolute atomic E-state index is 0. The maximum atomic E-state index is 2.31. The molecule has 0 spiro atoms. The van der Waals surface area contributed by atoms with Gasteiger partial charge in [0.2, 0.25) is 0 Å². The van der Waals surface area contributed by atoms with Crippen molar-refractivity contribution >= 4 is 24.0 Å². The molecule has 0 fully saturated rings. The number of hydrogen-bond acceptors (Lipinski definition) is 0. The second kappa shape index (κ2) is 6.77. The average molecular weight is 346 g/mol. The lowest BCUT2D eigenvalue weighted by atomic mass is 9.82. The van der Waals surface area contributed by atoms with Gasteiger partial charge in [0.1, 0.15) is 0 Å². The standard InChI is InChI=1S/C16H26.HI/c1-7-15(12(2)3)13-8-10-14(11-9-13)16(4,5)6;/h8-12,15H,7H2,1-6H3;1H. The topological polar surface area (TPSA) is 0 Å². The Labute approximate surface area is 124 Å².